The fourth-order valence-electron chi connectivity index (χ4n) is 8.19. The summed E-state index contributed by atoms with van der Waals surface area (Å²) in [5, 5.41) is 18.3. The number of rotatable bonds is 9. The van der Waals surface area contributed by atoms with E-state index in [0.29, 0.717) is 18.2 Å². The van der Waals surface area contributed by atoms with Gasteiger partial charge in [0, 0.05) is 88.9 Å². The molecule has 13 heteroatoms. The highest BCUT2D eigenvalue weighted by atomic mass is 16.6. The molecule has 0 amide bonds. The lowest BCUT2D eigenvalue weighted by Crippen LogP contribution is -2.53. The summed E-state index contributed by atoms with van der Waals surface area (Å²) in [6.07, 6.45) is 6.71. The minimum Gasteiger partial charge on any atom is -0.495 e. The van der Waals surface area contributed by atoms with Gasteiger partial charge in [-0.2, -0.15) is 0 Å². The van der Waals surface area contributed by atoms with Crippen molar-refractivity contribution in [3.8, 4) is 11.5 Å². The van der Waals surface area contributed by atoms with Crippen LogP contribution in [0, 0.1) is 10.1 Å². The predicted octanol–water partition coefficient (Wildman–Crippen LogP) is 4.05. The molecule has 52 heavy (non-hydrogen) atoms. The first kappa shape index (κ1) is 41.4. The van der Waals surface area contributed by atoms with Crippen molar-refractivity contribution in [1.82, 2.24) is 19.6 Å². The largest absolute Gasteiger partial charge is 0.495 e. The highest BCUT2D eigenvalue weighted by Gasteiger charge is 2.30. The molecule has 0 aliphatic carbocycles. The summed E-state index contributed by atoms with van der Waals surface area (Å²) in [6, 6.07) is 9.19. The number of aliphatic hydroxyl groups excluding tert-OH is 1. The second kappa shape index (κ2) is 20.2. The van der Waals surface area contributed by atoms with Crippen LogP contribution in [0.15, 0.2) is 24.3 Å². The first-order valence-corrected chi connectivity index (χ1v) is 19.3. The predicted molar refractivity (Wildman–Crippen MR) is 213 cm³/mol. The van der Waals surface area contributed by atoms with E-state index in [2.05, 4.69) is 56.5 Å². The zero-order chi connectivity index (χ0) is 37.8. The summed E-state index contributed by atoms with van der Waals surface area (Å²) < 4.78 is 11.1. The summed E-state index contributed by atoms with van der Waals surface area (Å²) in [5.74, 6) is 1.50. The van der Waals surface area contributed by atoms with Gasteiger partial charge in [0.15, 0.2) is 0 Å². The normalized spacial score (nSPS) is 20.1. The molecule has 0 unspecified atom stereocenters. The second-order valence-corrected chi connectivity index (χ2v) is 14.5. The lowest BCUT2D eigenvalue weighted by molar-refractivity contribution is -0.385. The van der Waals surface area contributed by atoms with Gasteiger partial charge in [0.2, 0.25) is 0 Å². The number of nitro benzene ring substituents is 1. The Labute approximate surface area is 312 Å². The number of likely N-dealkylation sites (tertiary alicyclic amines) is 2. The third kappa shape index (κ3) is 10.4. The Hall–Kier alpha value is -3.36. The number of benzene rings is 2. The smallest absolute Gasteiger partial charge is 0.276 e. The van der Waals surface area contributed by atoms with E-state index in [1.807, 2.05) is 19.1 Å². The molecular weight excluding hydrogens is 660 g/mol. The molecule has 4 heterocycles. The van der Waals surface area contributed by atoms with Crippen molar-refractivity contribution in [2.24, 2.45) is 0 Å². The summed E-state index contributed by atoms with van der Waals surface area (Å²) in [5.41, 5.74) is 11.3. The van der Waals surface area contributed by atoms with Gasteiger partial charge < -0.3 is 39.9 Å². The summed E-state index contributed by atoms with van der Waals surface area (Å²) in [7, 11) is 8.74. The maximum atomic E-state index is 11.3. The van der Waals surface area contributed by atoms with E-state index >= 15 is 0 Å². The number of methoxy groups -OCH3 is 2. The molecule has 4 fully saturated rings. The van der Waals surface area contributed by atoms with Crippen LogP contribution < -0.4 is 25.0 Å². The van der Waals surface area contributed by atoms with E-state index in [-0.39, 0.29) is 10.6 Å². The van der Waals surface area contributed by atoms with E-state index in [1.165, 1.54) is 63.1 Å². The van der Waals surface area contributed by atoms with Crippen LogP contribution in [0.1, 0.15) is 50.7 Å². The summed E-state index contributed by atoms with van der Waals surface area (Å²) in [4.78, 5) is 25.9. The van der Waals surface area contributed by atoms with Crippen LogP contribution >= 0.6 is 0 Å². The Bertz CT molecular complexity index is 1400. The van der Waals surface area contributed by atoms with Gasteiger partial charge in [-0.05, 0) is 96.5 Å². The van der Waals surface area contributed by atoms with Crippen LogP contribution in [-0.4, -0.2) is 156 Å². The Balaban J connectivity index is 0.000000223. The lowest BCUT2D eigenvalue weighted by atomic mass is 10.0. The first-order chi connectivity index (χ1) is 25.1. The number of anilines is 3. The number of nitro groups is 1. The average molecular weight is 727 g/mol. The Morgan fingerprint density at radius 2 is 1.06 bits per heavy atom. The Kier molecular flexibility index (Phi) is 16.1. The number of piperidine rings is 2. The second-order valence-electron chi connectivity index (χ2n) is 14.5. The number of nitrogens with two attached hydrogens (primary N) is 1. The third-order valence-electron chi connectivity index (χ3n) is 11.5. The topological polar surface area (TPSA) is 127 Å². The standard InChI is InChI=1S/C19H30N4O3.C19H32N4O.CH4O/c1-4-15-13-18(19(26-3)14-17(15)23(24)25)22-11-9-21(10-12-22)16-5-7-20(2)8-6-16;1-4-15-13-18(19(24-3)14-17(15)20)23-11-9-22(10-12-23)16-5-7-21(2)8-6-16;1-2/h13-14,16H,4-12H2,1-3H3;13-14,16H,4-12,20H2,1-3H3;2H,1H3. The van der Waals surface area contributed by atoms with Crippen molar-refractivity contribution in [2.75, 3.05) is 129 Å². The van der Waals surface area contributed by atoms with Gasteiger partial charge in [0.25, 0.3) is 5.69 Å². The van der Waals surface area contributed by atoms with Gasteiger partial charge in [-0.3, -0.25) is 19.9 Å². The molecule has 6 rings (SSSR count). The van der Waals surface area contributed by atoms with Gasteiger partial charge in [-0.15, -0.1) is 0 Å². The molecule has 2 aromatic rings. The average Bonchev–Trinajstić information content (AvgIpc) is 3.19. The Morgan fingerprint density at radius 1 is 0.673 bits per heavy atom. The molecule has 2 aromatic carbocycles. The number of ether oxygens (including phenoxy) is 2. The first-order valence-electron chi connectivity index (χ1n) is 19.3. The van der Waals surface area contributed by atoms with Crippen molar-refractivity contribution in [1.29, 1.82) is 0 Å². The molecule has 0 spiro atoms. The molecule has 0 aromatic heterocycles. The number of hydrogen-bond acceptors (Lipinski definition) is 12. The van der Waals surface area contributed by atoms with Crippen LogP contribution in [-0.2, 0) is 12.8 Å². The quantitative estimate of drug-likeness (QED) is 0.220. The van der Waals surface area contributed by atoms with Gasteiger partial charge in [-0.25, -0.2) is 0 Å². The van der Waals surface area contributed by atoms with Crippen molar-refractivity contribution in [2.45, 2.75) is 64.5 Å². The van der Waals surface area contributed by atoms with Gasteiger partial charge in [-0.1, -0.05) is 13.8 Å². The molecule has 13 nitrogen and oxygen atoms in total. The molecule has 4 saturated heterocycles. The van der Waals surface area contributed by atoms with Crippen molar-refractivity contribution in [3.05, 3.63) is 45.5 Å². The number of piperazine rings is 2. The van der Waals surface area contributed by atoms with Crippen molar-refractivity contribution in [3.63, 3.8) is 0 Å². The molecule has 0 bridgehead atoms. The van der Waals surface area contributed by atoms with Crippen molar-refractivity contribution < 1.29 is 19.5 Å². The van der Waals surface area contributed by atoms with Crippen LogP contribution in [0.2, 0.25) is 0 Å². The molecule has 3 N–H and O–H groups in total. The molecule has 4 aliphatic heterocycles. The number of nitrogens with zero attached hydrogens (tertiary/aromatic N) is 7. The van der Waals surface area contributed by atoms with Crippen LogP contribution in [0.4, 0.5) is 22.7 Å². The van der Waals surface area contributed by atoms with Crippen LogP contribution in [0.25, 0.3) is 0 Å². The minimum atomic E-state index is -0.316. The van der Waals surface area contributed by atoms with E-state index in [1.54, 1.807) is 20.3 Å². The molecule has 4 aliphatic rings. The van der Waals surface area contributed by atoms with E-state index in [4.69, 9.17) is 20.3 Å². The monoisotopic (exact) mass is 727 g/mol. The van der Waals surface area contributed by atoms with Crippen molar-refractivity contribution >= 4 is 22.7 Å². The third-order valence-corrected chi connectivity index (χ3v) is 11.5. The number of aliphatic hydroxyl groups is 1. The fourth-order valence-corrected chi connectivity index (χ4v) is 8.19. The maximum absolute atomic E-state index is 11.3. The molecule has 0 radical (unpaired) electrons. The SMILES string of the molecule is CCc1cc(N2CCN(C3CCN(C)CC3)CC2)c(OC)cc1N.CCc1cc(N2CCN(C3CCN(C)CC3)CC2)c(OC)cc1[N+](=O)[O-].CO. The summed E-state index contributed by atoms with van der Waals surface area (Å²) >= 11 is 0. The van der Waals surface area contributed by atoms with E-state index < -0.39 is 0 Å². The lowest BCUT2D eigenvalue weighted by Gasteiger charge is -2.43. The highest BCUT2D eigenvalue weighted by Crippen LogP contribution is 2.37. The number of hydrogen-bond donors (Lipinski definition) is 2. The van der Waals surface area contributed by atoms with E-state index in [9.17, 15) is 10.1 Å². The molecule has 0 saturated carbocycles. The number of nitrogen functional groups attached to an aromatic ring is 1. The Morgan fingerprint density at radius 3 is 1.42 bits per heavy atom. The molecule has 292 valence electrons. The summed E-state index contributed by atoms with van der Waals surface area (Å²) in [6.45, 7) is 17.3. The fraction of sp³-hybridized carbons (Fsp3) is 0.692. The highest BCUT2D eigenvalue weighted by molar-refractivity contribution is 5.68. The molecular formula is C39H66N8O5. The van der Waals surface area contributed by atoms with Gasteiger partial charge >= 0.3 is 0 Å². The minimum absolute atomic E-state index is 0.151. The molecule has 0 atom stereocenters. The van der Waals surface area contributed by atoms with Crippen LogP contribution in [0.5, 0.6) is 11.5 Å². The number of aryl methyl sites for hydroxylation is 2. The van der Waals surface area contributed by atoms with Gasteiger partial charge in [0.05, 0.1) is 36.6 Å². The van der Waals surface area contributed by atoms with Crippen LogP contribution in [0.3, 0.4) is 0 Å². The zero-order valence-electron chi connectivity index (χ0n) is 33.0. The van der Waals surface area contributed by atoms with Gasteiger partial charge in [0.1, 0.15) is 11.5 Å². The maximum Gasteiger partial charge on any atom is 0.276 e. The zero-order valence-corrected chi connectivity index (χ0v) is 33.0. The van der Waals surface area contributed by atoms with E-state index in [0.717, 1.165) is 94.6 Å².